The minimum Gasteiger partial charge on any atom is -0.356 e. The van der Waals surface area contributed by atoms with Gasteiger partial charge in [-0.3, -0.25) is 9.78 Å². The molecule has 25 heavy (non-hydrogen) atoms. The van der Waals surface area contributed by atoms with Gasteiger partial charge in [0.25, 0.3) is 0 Å². The van der Waals surface area contributed by atoms with Crippen LogP contribution in [0, 0.1) is 6.92 Å². The van der Waals surface area contributed by atoms with Gasteiger partial charge in [0, 0.05) is 37.6 Å². The summed E-state index contributed by atoms with van der Waals surface area (Å²) in [6.07, 6.45) is 7.17. The Labute approximate surface area is 147 Å². The topological polar surface area (TPSA) is 62.2 Å². The molecule has 0 bridgehead atoms. The smallest absolute Gasteiger partial charge is 0.227 e. The number of anilines is 1. The number of nitrogens with zero attached hydrogens (tertiary/aromatic N) is 5. The second kappa shape index (κ2) is 6.78. The minimum atomic E-state index is 0.137. The van der Waals surface area contributed by atoms with Gasteiger partial charge < -0.3 is 9.80 Å². The fraction of sp³-hybridized carbons (Fsp3) is 0.474. The number of hydrogen-bond acceptors (Lipinski definition) is 5. The van der Waals surface area contributed by atoms with Crippen LogP contribution in [-0.4, -0.2) is 45.4 Å². The highest BCUT2D eigenvalue weighted by Crippen LogP contribution is 2.28. The summed E-state index contributed by atoms with van der Waals surface area (Å²) in [7, 11) is 0. The number of aryl methyl sites for hydroxylation is 1. The summed E-state index contributed by atoms with van der Waals surface area (Å²) >= 11 is 0. The van der Waals surface area contributed by atoms with E-state index in [-0.39, 0.29) is 5.91 Å². The highest BCUT2D eigenvalue weighted by molar-refractivity contribution is 5.79. The van der Waals surface area contributed by atoms with Crippen molar-refractivity contribution < 1.29 is 4.79 Å². The van der Waals surface area contributed by atoms with Crippen LogP contribution in [0.2, 0.25) is 0 Å². The normalized spacial score (nSPS) is 16.8. The molecule has 0 radical (unpaired) electrons. The Balaban J connectivity index is 1.54. The molecule has 0 atom stereocenters. The Morgan fingerprint density at radius 3 is 2.80 bits per heavy atom. The molecule has 4 heterocycles. The van der Waals surface area contributed by atoms with Gasteiger partial charge in [0.15, 0.2) is 0 Å². The molecule has 2 aliphatic rings. The second-order valence-electron chi connectivity index (χ2n) is 6.82. The first-order chi connectivity index (χ1) is 12.2. The molecule has 0 saturated carbocycles. The molecule has 2 aliphatic heterocycles. The van der Waals surface area contributed by atoms with Crippen molar-refractivity contribution in [2.75, 3.05) is 24.5 Å². The molecular weight excluding hydrogens is 314 g/mol. The largest absolute Gasteiger partial charge is 0.356 e. The van der Waals surface area contributed by atoms with Crippen LogP contribution in [0.5, 0.6) is 0 Å². The predicted octanol–water partition coefficient (Wildman–Crippen LogP) is 1.91. The van der Waals surface area contributed by atoms with E-state index < -0.39 is 0 Å². The SMILES string of the molecule is Cc1nc2c(c(N3CCCC3)n1)CCN(C(=O)Cc1cccnc1)C2. The summed E-state index contributed by atoms with van der Waals surface area (Å²) in [5, 5.41) is 0. The number of hydrogen-bond donors (Lipinski definition) is 0. The first-order valence-electron chi connectivity index (χ1n) is 8.99. The van der Waals surface area contributed by atoms with Crippen molar-refractivity contribution in [3.8, 4) is 0 Å². The molecule has 1 amide bonds. The fourth-order valence-corrected chi connectivity index (χ4v) is 3.72. The number of amides is 1. The van der Waals surface area contributed by atoms with Crippen molar-refractivity contribution in [3.05, 3.63) is 47.2 Å². The lowest BCUT2D eigenvalue weighted by atomic mass is 10.0. The van der Waals surface area contributed by atoms with E-state index in [2.05, 4.69) is 14.9 Å². The van der Waals surface area contributed by atoms with Crippen LogP contribution in [0.3, 0.4) is 0 Å². The highest BCUT2D eigenvalue weighted by Gasteiger charge is 2.27. The zero-order valence-corrected chi connectivity index (χ0v) is 14.6. The maximum Gasteiger partial charge on any atom is 0.227 e. The van der Waals surface area contributed by atoms with Crippen molar-refractivity contribution in [1.82, 2.24) is 19.9 Å². The molecule has 0 spiro atoms. The van der Waals surface area contributed by atoms with E-state index in [1.54, 1.807) is 12.4 Å². The van der Waals surface area contributed by atoms with Crippen molar-refractivity contribution in [2.24, 2.45) is 0 Å². The molecule has 4 rings (SSSR count). The van der Waals surface area contributed by atoms with E-state index in [9.17, 15) is 4.79 Å². The van der Waals surface area contributed by atoms with Crippen LogP contribution in [0.15, 0.2) is 24.5 Å². The van der Waals surface area contributed by atoms with Crippen LogP contribution in [0.1, 0.15) is 35.5 Å². The van der Waals surface area contributed by atoms with E-state index in [4.69, 9.17) is 4.98 Å². The molecule has 2 aromatic rings. The molecule has 0 N–H and O–H groups in total. The first kappa shape index (κ1) is 16.0. The van der Waals surface area contributed by atoms with Crippen LogP contribution in [0.25, 0.3) is 0 Å². The summed E-state index contributed by atoms with van der Waals surface area (Å²) in [6, 6.07) is 3.81. The Hall–Kier alpha value is -2.50. The standard InChI is InChI=1S/C19H23N5O/c1-14-21-17-13-24(18(25)11-15-5-4-7-20-12-15)10-6-16(17)19(22-14)23-8-2-3-9-23/h4-5,7,12H,2-3,6,8-11,13H2,1H3. The van der Waals surface area contributed by atoms with Crippen LogP contribution < -0.4 is 4.90 Å². The van der Waals surface area contributed by atoms with Gasteiger partial charge in [-0.25, -0.2) is 9.97 Å². The number of carbonyl (C=O) groups is 1. The molecule has 0 aliphatic carbocycles. The van der Waals surface area contributed by atoms with Crippen LogP contribution in [-0.2, 0) is 24.2 Å². The second-order valence-corrected chi connectivity index (χ2v) is 6.82. The van der Waals surface area contributed by atoms with Crippen molar-refractivity contribution in [3.63, 3.8) is 0 Å². The van der Waals surface area contributed by atoms with E-state index in [1.165, 1.54) is 18.4 Å². The zero-order chi connectivity index (χ0) is 17.2. The quantitative estimate of drug-likeness (QED) is 0.856. The van der Waals surface area contributed by atoms with Gasteiger partial charge in [0.2, 0.25) is 5.91 Å². The van der Waals surface area contributed by atoms with E-state index in [1.807, 2.05) is 24.0 Å². The van der Waals surface area contributed by atoms with E-state index in [0.717, 1.165) is 49.0 Å². The lowest BCUT2D eigenvalue weighted by Crippen LogP contribution is -2.38. The van der Waals surface area contributed by atoms with Gasteiger partial charge in [-0.2, -0.15) is 0 Å². The molecular formula is C19H23N5O. The van der Waals surface area contributed by atoms with Crippen molar-refractivity contribution >= 4 is 11.7 Å². The Kier molecular flexibility index (Phi) is 4.34. The lowest BCUT2D eigenvalue weighted by molar-refractivity contribution is -0.131. The van der Waals surface area contributed by atoms with E-state index >= 15 is 0 Å². The maximum absolute atomic E-state index is 12.6. The summed E-state index contributed by atoms with van der Waals surface area (Å²) in [5.41, 5.74) is 3.20. The number of aromatic nitrogens is 3. The molecule has 2 aromatic heterocycles. The van der Waals surface area contributed by atoms with Crippen LogP contribution >= 0.6 is 0 Å². The number of fused-ring (bicyclic) bond motifs is 1. The first-order valence-corrected chi connectivity index (χ1v) is 8.99. The third kappa shape index (κ3) is 3.34. The monoisotopic (exact) mass is 337 g/mol. The minimum absolute atomic E-state index is 0.137. The molecule has 1 saturated heterocycles. The third-order valence-electron chi connectivity index (χ3n) is 4.99. The van der Waals surface area contributed by atoms with Crippen molar-refractivity contribution in [1.29, 1.82) is 0 Å². The average molecular weight is 337 g/mol. The zero-order valence-electron chi connectivity index (χ0n) is 14.6. The summed E-state index contributed by atoms with van der Waals surface area (Å²) in [5.74, 6) is 2.03. The number of rotatable bonds is 3. The maximum atomic E-state index is 12.6. The Morgan fingerprint density at radius 1 is 1.20 bits per heavy atom. The molecule has 0 unspecified atom stereocenters. The van der Waals surface area contributed by atoms with Gasteiger partial charge in [0.05, 0.1) is 18.7 Å². The number of carbonyl (C=O) groups excluding carboxylic acids is 1. The molecule has 6 nitrogen and oxygen atoms in total. The van der Waals surface area contributed by atoms with Crippen LogP contribution in [0.4, 0.5) is 5.82 Å². The van der Waals surface area contributed by atoms with Gasteiger partial charge in [-0.1, -0.05) is 6.07 Å². The Bertz CT molecular complexity index is 771. The van der Waals surface area contributed by atoms with Gasteiger partial charge >= 0.3 is 0 Å². The summed E-state index contributed by atoms with van der Waals surface area (Å²) in [6.45, 7) is 5.41. The molecule has 130 valence electrons. The average Bonchev–Trinajstić information content (AvgIpc) is 3.15. The third-order valence-corrected chi connectivity index (χ3v) is 4.99. The Morgan fingerprint density at radius 2 is 2.04 bits per heavy atom. The fourth-order valence-electron chi connectivity index (χ4n) is 3.72. The summed E-state index contributed by atoms with van der Waals surface area (Å²) < 4.78 is 0. The molecule has 0 aromatic carbocycles. The van der Waals surface area contributed by atoms with Gasteiger partial charge in [-0.15, -0.1) is 0 Å². The number of pyridine rings is 1. The van der Waals surface area contributed by atoms with Gasteiger partial charge in [-0.05, 0) is 37.8 Å². The van der Waals surface area contributed by atoms with Gasteiger partial charge in [0.1, 0.15) is 11.6 Å². The molecule has 1 fully saturated rings. The predicted molar refractivity (Wildman–Crippen MR) is 95.3 cm³/mol. The van der Waals surface area contributed by atoms with Crippen molar-refractivity contribution in [2.45, 2.75) is 39.2 Å². The molecule has 6 heteroatoms. The highest BCUT2D eigenvalue weighted by atomic mass is 16.2. The summed E-state index contributed by atoms with van der Waals surface area (Å²) in [4.78, 5) is 30.4. The van der Waals surface area contributed by atoms with E-state index in [0.29, 0.717) is 13.0 Å². The lowest BCUT2D eigenvalue weighted by Gasteiger charge is -2.31.